The maximum Gasteiger partial charge on any atom is 0.348 e. The molecule has 0 spiro atoms. The summed E-state index contributed by atoms with van der Waals surface area (Å²) in [7, 11) is 0. The van der Waals surface area contributed by atoms with E-state index in [0.29, 0.717) is 0 Å². The summed E-state index contributed by atoms with van der Waals surface area (Å²) >= 11 is 11.2. The lowest BCUT2D eigenvalue weighted by Gasteiger charge is -2.12. The van der Waals surface area contributed by atoms with Crippen molar-refractivity contribution >= 4 is 34.7 Å². The van der Waals surface area contributed by atoms with Crippen LogP contribution in [0.5, 0.6) is 0 Å². The summed E-state index contributed by atoms with van der Waals surface area (Å²) in [6.45, 7) is 3.81. The Morgan fingerprint density at radius 3 is 2.62 bits per heavy atom. The van der Waals surface area contributed by atoms with Crippen LogP contribution in [0.4, 0.5) is 11.5 Å². The second kappa shape index (κ2) is 5.27. The van der Waals surface area contributed by atoms with Gasteiger partial charge in [0.05, 0.1) is 4.92 Å². The number of aromatic nitrogens is 2. The maximum atomic E-state index is 10.8. The summed E-state index contributed by atoms with van der Waals surface area (Å²) in [5.41, 5.74) is -0.355. The Morgan fingerprint density at radius 1 is 1.50 bits per heavy atom. The number of hydrogen-bond acceptors (Lipinski definition) is 5. The molecule has 88 valence electrons. The van der Waals surface area contributed by atoms with E-state index in [1.54, 1.807) is 0 Å². The van der Waals surface area contributed by atoms with Crippen LogP contribution in [0.15, 0.2) is 0 Å². The van der Waals surface area contributed by atoms with E-state index in [1.807, 2.05) is 13.8 Å². The lowest BCUT2D eigenvalue weighted by Crippen LogP contribution is -2.16. The van der Waals surface area contributed by atoms with Crippen molar-refractivity contribution in [1.29, 1.82) is 0 Å². The predicted molar refractivity (Wildman–Crippen MR) is 62.1 cm³/mol. The summed E-state index contributed by atoms with van der Waals surface area (Å²) in [6.07, 6.45) is 0.788. The molecule has 0 saturated heterocycles. The number of nitrogens with one attached hydrogen (secondary N) is 1. The first kappa shape index (κ1) is 12.9. The first-order valence-electron chi connectivity index (χ1n) is 4.59. The van der Waals surface area contributed by atoms with Gasteiger partial charge in [-0.1, -0.05) is 18.5 Å². The zero-order valence-corrected chi connectivity index (χ0v) is 10.2. The molecule has 0 radical (unpaired) electrons. The normalized spacial score (nSPS) is 12.2. The third-order valence-corrected chi connectivity index (χ3v) is 2.42. The quantitative estimate of drug-likeness (QED) is 0.391. The number of nitrogens with zero attached hydrogens (tertiary/aromatic N) is 3. The Hall–Kier alpha value is -1.14. The smallest absolute Gasteiger partial charge is 0.348 e. The van der Waals surface area contributed by atoms with Crippen molar-refractivity contribution in [2.75, 3.05) is 5.32 Å². The number of rotatable bonds is 4. The number of nitro groups is 1. The van der Waals surface area contributed by atoms with Gasteiger partial charge in [-0.2, -0.15) is 9.97 Å². The van der Waals surface area contributed by atoms with Crippen LogP contribution < -0.4 is 5.32 Å². The highest BCUT2D eigenvalue weighted by Gasteiger charge is 2.23. The van der Waals surface area contributed by atoms with Crippen molar-refractivity contribution in [3.63, 3.8) is 0 Å². The van der Waals surface area contributed by atoms with Crippen molar-refractivity contribution < 1.29 is 4.92 Å². The van der Waals surface area contributed by atoms with Crippen LogP contribution in [0.2, 0.25) is 10.4 Å². The van der Waals surface area contributed by atoms with Gasteiger partial charge in [-0.15, -0.1) is 0 Å². The topological polar surface area (TPSA) is 81.0 Å². The average Bonchev–Trinajstić information content (AvgIpc) is 2.15. The largest absolute Gasteiger partial charge is 0.362 e. The molecular formula is C8H10Cl2N4O2. The first-order valence-corrected chi connectivity index (χ1v) is 5.35. The first-order chi connectivity index (χ1) is 7.45. The molecule has 0 aliphatic carbocycles. The third kappa shape index (κ3) is 2.93. The molecule has 0 saturated carbocycles. The summed E-state index contributed by atoms with van der Waals surface area (Å²) < 4.78 is 0. The molecule has 0 bridgehead atoms. The standard InChI is InChI=1S/C8H10Cl2N4O2/c1-3-4(2)11-7-5(14(15)16)6(9)12-8(10)13-7/h4H,3H2,1-2H3,(H,11,12,13)/t4-/m1/s1. The van der Waals surface area contributed by atoms with E-state index in [2.05, 4.69) is 15.3 Å². The van der Waals surface area contributed by atoms with Gasteiger partial charge in [0.15, 0.2) is 0 Å². The maximum absolute atomic E-state index is 10.8. The van der Waals surface area contributed by atoms with Crippen molar-refractivity contribution in [2.24, 2.45) is 0 Å². The lowest BCUT2D eigenvalue weighted by molar-refractivity contribution is -0.384. The Labute approximate surface area is 102 Å². The SMILES string of the molecule is CC[C@@H](C)Nc1nc(Cl)nc(Cl)c1[N+](=O)[O-]. The van der Waals surface area contributed by atoms with E-state index in [0.717, 1.165) is 6.42 Å². The molecule has 1 aromatic rings. The molecule has 8 heteroatoms. The molecule has 0 unspecified atom stereocenters. The van der Waals surface area contributed by atoms with E-state index in [4.69, 9.17) is 23.2 Å². The van der Waals surface area contributed by atoms with E-state index >= 15 is 0 Å². The van der Waals surface area contributed by atoms with Gasteiger partial charge in [-0.25, -0.2) is 0 Å². The van der Waals surface area contributed by atoms with Gasteiger partial charge in [0.2, 0.25) is 16.3 Å². The van der Waals surface area contributed by atoms with Crippen LogP contribution in [-0.2, 0) is 0 Å². The highest BCUT2D eigenvalue weighted by Crippen LogP contribution is 2.31. The number of hydrogen-bond donors (Lipinski definition) is 1. The van der Waals surface area contributed by atoms with E-state index in [9.17, 15) is 10.1 Å². The molecule has 0 amide bonds. The van der Waals surface area contributed by atoms with E-state index in [-0.39, 0.29) is 28.0 Å². The average molecular weight is 265 g/mol. The molecule has 0 aliphatic rings. The van der Waals surface area contributed by atoms with Gasteiger partial charge >= 0.3 is 5.69 Å². The monoisotopic (exact) mass is 264 g/mol. The molecule has 0 aliphatic heterocycles. The van der Waals surface area contributed by atoms with Crippen LogP contribution in [0.25, 0.3) is 0 Å². The zero-order valence-electron chi connectivity index (χ0n) is 8.70. The minimum absolute atomic E-state index is 0.0285. The lowest BCUT2D eigenvalue weighted by atomic mass is 10.2. The van der Waals surface area contributed by atoms with E-state index < -0.39 is 4.92 Å². The summed E-state index contributed by atoms with van der Waals surface area (Å²) in [5, 5.41) is 13.3. The van der Waals surface area contributed by atoms with Crippen molar-refractivity contribution in [1.82, 2.24) is 9.97 Å². The minimum Gasteiger partial charge on any atom is -0.362 e. The second-order valence-corrected chi connectivity index (χ2v) is 3.89. The second-order valence-electron chi connectivity index (χ2n) is 3.19. The number of halogens is 2. The molecule has 6 nitrogen and oxygen atoms in total. The van der Waals surface area contributed by atoms with Crippen molar-refractivity contribution in [2.45, 2.75) is 26.3 Å². The van der Waals surface area contributed by atoms with Crippen LogP contribution in [-0.4, -0.2) is 20.9 Å². The van der Waals surface area contributed by atoms with Crippen LogP contribution in [0, 0.1) is 10.1 Å². The molecule has 0 aromatic carbocycles. The highest BCUT2D eigenvalue weighted by molar-refractivity contribution is 6.33. The van der Waals surface area contributed by atoms with Gasteiger partial charge in [0, 0.05) is 6.04 Å². The molecule has 1 heterocycles. The van der Waals surface area contributed by atoms with Crippen molar-refractivity contribution in [3.05, 3.63) is 20.6 Å². The van der Waals surface area contributed by atoms with Crippen LogP contribution >= 0.6 is 23.2 Å². The van der Waals surface area contributed by atoms with Crippen LogP contribution in [0.3, 0.4) is 0 Å². The fourth-order valence-electron chi connectivity index (χ4n) is 1.000. The molecular weight excluding hydrogens is 255 g/mol. The Bertz CT molecular complexity index is 413. The van der Waals surface area contributed by atoms with Crippen LogP contribution in [0.1, 0.15) is 20.3 Å². The molecule has 16 heavy (non-hydrogen) atoms. The molecule has 1 atom stereocenters. The number of anilines is 1. The molecule has 1 rings (SSSR count). The zero-order chi connectivity index (χ0) is 12.3. The fourth-order valence-corrected chi connectivity index (χ4v) is 1.45. The minimum atomic E-state index is -0.636. The van der Waals surface area contributed by atoms with Gasteiger partial charge in [-0.3, -0.25) is 10.1 Å². The summed E-state index contributed by atoms with van der Waals surface area (Å²) in [5.74, 6) is 0.0457. The van der Waals surface area contributed by atoms with Crippen molar-refractivity contribution in [3.8, 4) is 0 Å². The Balaban J connectivity index is 3.19. The molecule has 1 aromatic heterocycles. The highest BCUT2D eigenvalue weighted by atomic mass is 35.5. The van der Waals surface area contributed by atoms with Gasteiger partial charge < -0.3 is 5.32 Å². The summed E-state index contributed by atoms with van der Waals surface area (Å²) in [6, 6.07) is 0.0285. The Kier molecular flexibility index (Phi) is 4.26. The third-order valence-electron chi connectivity index (χ3n) is 1.99. The predicted octanol–water partition coefficient (Wildman–Crippen LogP) is 2.90. The fraction of sp³-hybridized carbons (Fsp3) is 0.500. The summed E-state index contributed by atoms with van der Waals surface area (Å²) in [4.78, 5) is 17.4. The molecule has 0 fully saturated rings. The van der Waals surface area contributed by atoms with Gasteiger partial charge in [0.1, 0.15) is 0 Å². The molecule has 1 N–H and O–H groups in total. The van der Waals surface area contributed by atoms with E-state index in [1.165, 1.54) is 0 Å². The van der Waals surface area contributed by atoms with Gasteiger partial charge in [-0.05, 0) is 24.9 Å². The Morgan fingerprint density at radius 2 is 2.12 bits per heavy atom. The van der Waals surface area contributed by atoms with Gasteiger partial charge in [0.25, 0.3) is 0 Å².